The van der Waals surface area contributed by atoms with Crippen molar-refractivity contribution in [2.75, 3.05) is 5.73 Å². The van der Waals surface area contributed by atoms with Gasteiger partial charge in [-0.3, -0.25) is 0 Å². The lowest BCUT2D eigenvalue weighted by Crippen LogP contribution is -2.05. The fraction of sp³-hybridized carbons (Fsp3) is 0.222. The highest BCUT2D eigenvalue weighted by Crippen LogP contribution is 2.18. The second kappa shape index (κ2) is 3.64. The second-order valence-electron chi connectivity index (χ2n) is 3.06. The molecule has 0 bridgehead atoms. The lowest BCUT2D eigenvalue weighted by molar-refractivity contribution is 0.627. The second-order valence-corrected chi connectivity index (χ2v) is 3.06. The Kier molecular flexibility index (Phi) is 2.32. The van der Waals surface area contributed by atoms with Crippen molar-refractivity contribution in [1.82, 2.24) is 20.2 Å². The molecular weight excluding hydrogens is 197 g/mol. The van der Waals surface area contributed by atoms with Crippen molar-refractivity contribution in [3.8, 4) is 5.69 Å². The number of aryl methyl sites for hydroxylation is 1. The van der Waals surface area contributed by atoms with Gasteiger partial charge < -0.3 is 5.73 Å². The van der Waals surface area contributed by atoms with Gasteiger partial charge >= 0.3 is 0 Å². The van der Waals surface area contributed by atoms with Crippen LogP contribution in [0.15, 0.2) is 18.2 Å². The number of hydrogen-bond acceptors (Lipinski definition) is 4. The summed E-state index contributed by atoms with van der Waals surface area (Å²) in [5.74, 6) is 0.315. The largest absolute Gasteiger partial charge is 0.397 e. The standard InChI is InChI=1S/C9H10FN5/c1-2-9-12-13-14-15(9)8-4-3-6(10)5-7(8)11/h3-5H,2,11H2,1H3. The first kappa shape index (κ1) is 9.57. The Morgan fingerprint density at radius 2 is 2.27 bits per heavy atom. The topological polar surface area (TPSA) is 69.6 Å². The Morgan fingerprint density at radius 1 is 1.47 bits per heavy atom. The SMILES string of the molecule is CCc1nnnn1-c1ccc(F)cc1N. The third-order valence-electron chi connectivity index (χ3n) is 2.07. The Labute approximate surface area is 85.7 Å². The molecule has 6 heteroatoms. The van der Waals surface area contributed by atoms with Crippen LogP contribution in [0, 0.1) is 5.82 Å². The summed E-state index contributed by atoms with van der Waals surface area (Å²) in [7, 11) is 0. The van der Waals surface area contributed by atoms with Crippen LogP contribution in [0.25, 0.3) is 5.69 Å². The van der Waals surface area contributed by atoms with E-state index in [0.717, 1.165) is 0 Å². The van der Waals surface area contributed by atoms with Crippen LogP contribution in [0.4, 0.5) is 10.1 Å². The Hall–Kier alpha value is -1.98. The van der Waals surface area contributed by atoms with Crippen molar-refractivity contribution in [3.05, 3.63) is 29.8 Å². The highest BCUT2D eigenvalue weighted by molar-refractivity contribution is 5.57. The zero-order chi connectivity index (χ0) is 10.8. The van der Waals surface area contributed by atoms with Gasteiger partial charge in [0.15, 0.2) is 5.82 Å². The van der Waals surface area contributed by atoms with Crippen LogP contribution in [0.1, 0.15) is 12.7 Å². The van der Waals surface area contributed by atoms with E-state index in [9.17, 15) is 4.39 Å². The molecule has 0 aliphatic rings. The number of aromatic nitrogens is 4. The van der Waals surface area contributed by atoms with E-state index in [2.05, 4.69) is 15.5 Å². The summed E-state index contributed by atoms with van der Waals surface area (Å²) < 4.78 is 14.3. The predicted molar refractivity (Wildman–Crippen MR) is 52.9 cm³/mol. The quantitative estimate of drug-likeness (QED) is 0.744. The van der Waals surface area contributed by atoms with Crippen molar-refractivity contribution < 1.29 is 4.39 Å². The zero-order valence-corrected chi connectivity index (χ0v) is 8.18. The van der Waals surface area contributed by atoms with Crippen LogP contribution in [0.3, 0.4) is 0 Å². The predicted octanol–water partition coefficient (Wildman–Crippen LogP) is 0.946. The van der Waals surface area contributed by atoms with E-state index >= 15 is 0 Å². The summed E-state index contributed by atoms with van der Waals surface area (Å²) in [6.07, 6.45) is 0.684. The first-order valence-electron chi connectivity index (χ1n) is 4.55. The smallest absolute Gasteiger partial charge is 0.156 e. The average molecular weight is 207 g/mol. The van der Waals surface area contributed by atoms with Crippen LogP contribution in [-0.4, -0.2) is 20.2 Å². The van der Waals surface area contributed by atoms with Crippen LogP contribution in [-0.2, 0) is 6.42 Å². The van der Waals surface area contributed by atoms with E-state index in [1.54, 1.807) is 6.07 Å². The molecule has 1 heterocycles. The molecule has 1 aromatic heterocycles. The van der Waals surface area contributed by atoms with Crippen LogP contribution < -0.4 is 5.73 Å². The van der Waals surface area contributed by atoms with Crippen molar-refractivity contribution >= 4 is 5.69 Å². The maximum atomic E-state index is 12.8. The summed E-state index contributed by atoms with van der Waals surface area (Å²) in [5.41, 5.74) is 6.59. The molecule has 0 spiro atoms. The molecular formula is C9H10FN5. The molecule has 5 nitrogen and oxygen atoms in total. The van der Waals surface area contributed by atoms with Gasteiger partial charge in [0.1, 0.15) is 5.82 Å². The molecule has 0 fully saturated rings. The lowest BCUT2D eigenvalue weighted by atomic mass is 10.2. The third-order valence-corrected chi connectivity index (χ3v) is 2.07. The van der Waals surface area contributed by atoms with Crippen LogP contribution in [0.5, 0.6) is 0 Å². The van der Waals surface area contributed by atoms with E-state index < -0.39 is 0 Å². The lowest BCUT2D eigenvalue weighted by Gasteiger charge is -2.05. The molecule has 2 rings (SSSR count). The summed E-state index contributed by atoms with van der Waals surface area (Å²) in [6, 6.07) is 4.13. The Morgan fingerprint density at radius 3 is 2.93 bits per heavy atom. The molecule has 0 radical (unpaired) electrons. The van der Waals surface area contributed by atoms with E-state index in [0.29, 0.717) is 23.6 Å². The van der Waals surface area contributed by atoms with E-state index in [1.165, 1.54) is 16.8 Å². The molecule has 15 heavy (non-hydrogen) atoms. The number of rotatable bonds is 2. The number of nitrogens with zero attached hydrogens (tertiary/aromatic N) is 4. The number of nitrogen functional groups attached to an aromatic ring is 1. The fourth-order valence-corrected chi connectivity index (χ4v) is 1.33. The maximum Gasteiger partial charge on any atom is 0.156 e. The molecule has 0 aliphatic carbocycles. The van der Waals surface area contributed by atoms with Crippen molar-refractivity contribution in [3.63, 3.8) is 0 Å². The number of tetrazole rings is 1. The molecule has 2 N–H and O–H groups in total. The van der Waals surface area contributed by atoms with Crippen molar-refractivity contribution in [2.45, 2.75) is 13.3 Å². The number of halogens is 1. The molecule has 0 saturated carbocycles. The van der Waals surface area contributed by atoms with Gasteiger partial charge in [-0.2, -0.15) is 4.68 Å². The molecule has 1 aromatic carbocycles. The highest BCUT2D eigenvalue weighted by Gasteiger charge is 2.09. The molecule has 0 atom stereocenters. The van der Waals surface area contributed by atoms with E-state index in [4.69, 9.17) is 5.73 Å². The van der Waals surface area contributed by atoms with E-state index in [1.807, 2.05) is 6.92 Å². The maximum absolute atomic E-state index is 12.8. The third kappa shape index (κ3) is 1.65. The first-order chi connectivity index (χ1) is 7.22. The zero-order valence-electron chi connectivity index (χ0n) is 8.18. The minimum absolute atomic E-state index is 0.317. The number of hydrogen-bond donors (Lipinski definition) is 1. The highest BCUT2D eigenvalue weighted by atomic mass is 19.1. The van der Waals surface area contributed by atoms with Crippen LogP contribution >= 0.6 is 0 Å². The van der Waals surface area contributed by atoms with Gasteiger partial charge in [-0.1, -0.05) is 6.92 Å². The molecule has 0 unspecified atom stereocenters. The van der Waals surface area contributed by atoms with Gasteiger partial charge in [0, 0.05) is 6.42 Å². The minimum Gasteiger partial charge on any atom is -0.397 e. The van der Waals surface area contributed by atoms with Gasteiger partial charge in [-0.25, -0.2) is 4.39 Å². The normalized spacial score (nSPS) is 10.5. The fourth-order valence-electron chi connectivity index (χ4n) is 1.33. The molecule has 2 aromatic rings. The first-order valence-corrected chi connectivity index (χ1v) is 4.55. The average Bonchev–Trinajstić information content (AvgIpc) is 2.65. The van der Waals surface area contributed by atoms with Crippen molar-refractivity contribution in [1.29, 1.82) is 0 Å². The Balaban J connectivity index is 2.54. The number of benzene rings is 1. The van der Waals surface area contributed by atoms with Gasteiger partial charge in [0.2, 0.25) is 0 Å². The monoisotopic (exact) mass is 207 g/mol. The van der Waals surface area contributed by atoms with E-state index in [-0.39, 0.29) is 5.82 Å². The van der Waals surface area contributed by atoms with Gasteiger partial charge in [-0.05, 0) is 28.6 Å². The Bertz CT molecular complexity index is 479. The van der Waals surface area contributed by atoms with Crippen LogP contribution in [0.2, 0.25) is 0 Å². The van der Waals surface area contributed by atoms with Gasteiger partial charge in [-0.15, -0.1) is 5.10 Å². The number of anilines is 1. The van der Waals surface area contributed by atoms with Crippen molar-refractivity contribution in [2.24, 2.45) is 0 Å². The molecule has 78 valence electrons. The minimum atomic E-state index is -0.373. The van der Waals surface area contributed by atoms with Gasteiger partial charge in [0.05, 0.1) is 11.4 Å². The summed E-state index contributed by atoms with van der Waals surface area (Å²) >= 11 is 0. The summed E-state index contributed by atoms with van der Waals surface area (Å²) in [5, 5.41) is 11.2. The summed E-state index contributed by atoms with van der Waals surface area (Å²) in [4.78, 5) is 0. The summed E-state index contributed by atoms with van der Waals surface area (Å²) in [6.45, 7) is 1.93. The molecule has 0 saturated heterocycles. The number of nitrogens with two attached hydrogens (primary N) is 1. The van der Waals surface area contributed by atoms with Gasteiger partial charge in [0.25, 0.3) is 0 Å². The molecule has 0 aliphatic heterocycles. The molecule has 0 amide bonds.